The van der Waals surface area contributed by atoms with E-state index in [9.17, 15) is 19.3 Å². The number of unbranched alkanes of at least 4 members (excludes halogenated alkanes) is 1. The van der Waals surface area contributed by atoms with Gasteiger partial charge in [0, 0.05) is 21.0 Å². The van der Waals surface area contributed by atoms with Crippen LogP contribution >= 0.6 is 8.15 Å². The van der Waals surface area contributed by atoms with Crippen LogP contribution in [-0.4, -0.2) is 46.7 Å². The van der Waals surface area contributed by atoms with Crippen LogP contribution < -0.4 is 11.1 Å². The van der Waals surface area contributed by atoms with Gasteiger partial charge in [0.25, 0.3) is 0 Å². The molecule has 0 aliphatic rings. The average molecular weight is 421 g/mol. The van der Waals surface area contributed by atoms with Crippen molar-refractivity contribution < 1.29 is 24.4 Å². The largest absolute Gasteiger partial charge is 0.481 e. The van der Waals surface area contributed by atoms with Crippen molar-refractivity contribution in [3.8, 4) is 0 Å². The topological polar surface area (TPSA) is 130 Å². The molecule has 3 atom stereocenters. The van der Waals surface area contributed by atoms with Gasteiger partial charge in [-0.2, -0.15) is 0 Å². The van der Waals surface area contributed by atoms with Crippen LogP contribution in [0.3, 0.4) is 0 Å². The maximum absolute atomic E-state index is 11.5. The summed E-state index contributed by atoms with van der Waals surface area (Å²) in [6.07, 6.45) is 5.77. The highest BCUT2D eigenvalue weighted by molar-refractivity contribution is 7.51. The summed E-state index contributed by atoms with van der Waals surface area (Å²) in [4.78, 5) is 42.4. The second kappa shape index (κ2) is 18.0. The van der Waals surface area contributed by atoms with E-state index in [-0.39, 0.29) is 29.3 Å². The molecule has 0 aromatic rings. The van der Waals surface area contributed by atoms with Gasteiger partial charge in [-0.3, -0.25) is 9.59 Å². The van der Waals surface area contributed by atoms with E-state index in [1.165, 1.54) is 6.92 Å². The van der Waals surface area contributed by atoms with Crippen molar-refractivity contribution in [2.75, 3.05) is 13.2 Å². The Morgan fingerprint density at radius 1 is 1.07 bits per heavy atom. The Kier molecular flexibility index (Phi) is 18.8. The van der Waals surface area contributed by atoms with Crippen LogP contribution in [0.25, 0.3) is 0 Å². The molecule has 0 radical (unpaired) electrons. The second-order valence-electron chi connectivity index (χ2n) is 7.49. The zero-order valence-electron chi connectivity index (χ0n) is 18.2. The fourth-order valence-corrected chi connectivity index (χ4v) is 3.90. The summed E-state index contributed by atoms with van der Waals surface area (Å²) in [5.41, 5.74) is 5.32. The van der Waals surface area contributed by atoms with E-state index in [1.54, 1.807) is 6.66 Å². The van der Waals surface area contributed by atoms with Gasteiger partial charge >= 0.3 is 5.97 Å². The normalized spacial score (nSPS) is 13.9. The van der Waals surface area contributed by atoms with E-state index in [2.05, 4.69) is 5.32 Å². The number of amides is 1. The Morgan fingerprint density at radius 2 is 1.68 bits per heavy atom. The summed E-state index contributed by atoms with van der Waals surface area (Å²) in [7, 11) is -1.16. The molecule has 0 aromatic carbocycles. The molecule has 0 aliphatic carbocycles. The maximum Gasteiger partial charge on any atom is 0.306 e. The van der Waals surface area contributed by atoms with Crippen molar-refractivity contribution in [2.24, 2.45) is 17.6 Å². The Bertz CT molecular complexity index is 436. The molecule has 166 valence electrons. The minimum atomic E-state index is -1.16. The number of hydrogen-bond acceptors (Lipinski definition) is 5. The molecule has 5 N–H and O–H groups in total. The van der Waals surface area contributed by atoms with Gasteiger partial charge in [-0.1, -0.05) is 33.6 Å². The molecule has 0 aliphatic heterocycles. The number of carbonyl (C=O) groups excluding carboxylic acids is 2. The van der Waals surface area contributed by atoms with E-state index >= 15 is 0 Å². The maximum atomic E-state index is 11.5. The first-order chi connectivity index (χ1) is 13.1. The predicted molar refractivity (Wildman–Crippen MR) is 115 cm³/mol. The Hall–Kier alpha value is -1.04. The Morgan fingerprint density at radius 3 is 2.07 bits per heavy atom. The molecule has 7 nitrogen and oxygen atoms in total. The molecule has 0 spiro atoms. The van der Waals surface area contributed by atoms with Crippen LogP contribution in [0, 0.1) is 11.8 Å². The molecule has 0 heterocycles. The molecule has 28 heavy (non-hydrogen) atoms. The third kappa shape index (κ3) is 17.1. The number of carbonyl (C=O) groups is 3. The first-order valence-corrected chi connectivity index (χ1v) is 12.0. The van der Waals surface area contributed by atoms with Gasteiger partial charge in [0.15, 0.2) is 0 Å². The monoisotopic (exact) mass is 420 g/mol. The van der Waals surface area contributed by atoms with E-state index < -0.39 is 14.1 Å². The summed E-state index contributed by atoms with van der Waals surface area (Å²) in [5, 5.41) is 11.6. The first-order valence-electron chi connectivity index (χ1n) is 10.2. The summed E-state index contributed by atoms with van der Waals surface area (Å²) < 4.78 is 0. The highest BCUT2D eigenvalue weighted by Gasteiger charge is 2.21. The molecule has 3 unspecified atom stereocenters. The third-order valence-corrected chi connectivity index (χ3v) is 5.80. The van der Waals surface area contributed by atoms with Gasteiger partial charge in [-0.25, -0.2) is 0 Å². The fraction of sp³-hybridized carbons (Fsp3) is 0.850. The molecule has 0 bridgehead atoms. The van der Waals surface area contributed by atoms with Crippen molar-refractivity contribution in [2.45, 2.75) is 84.8 Å². The number of hydrogen-bond donors (Lipinski definition) is 4. The first kappa shape index (κ1) is 29.2. The fourth-order valence-electron chi connectivity index (χ4n) is 2.70. The Balaban J connectivity index is 0. The van der Waals surface area contributed by atoms with E-state index in [1.807, 2.05) is 20.8 Å². The number of nitrogens with one attached hydrogen (secondary N) is 1. The number of Topliss-reactive ketones (excluding diaryl/α,β-unsaturated/α-hetero) is 1. The zero-order chi connectivity index (χ0) is 22.1. The number of carboxylic acids is 1. The van der Waals surface area contributed by atoms with Gasteiger partial charge in [-0.15, -0.1) is 0 Å². The molecule has 1 amide bonds. The SMILES string of the molecule is CC(=O)CCCC(=O)NC(C(C)C)P(C)O.CCCC(CCCCN)C(=O)O. The number of rotatable bonds is 14. The molecule has 0 saturated heterocycles. The Labute approximate surface area is 171 Å². The predicted octanol–water partition coefficient (Wildman–Crippen LogP) is 3.48. The standard InChI is InChI=1S/C11H22NO3P.C9H19NO2/c1-8(2)11(16(4)15)12-10(14)7-5-6-9(3)13;1-2-5-8(9(11)12)6-3-4-7-10/h8,11,15H,5-7H2,1-4H3,(H,12,14);8H,2-7,10H2,1H3,(H,11,12). The lowest BCUT2D eigenvalue weighted by Gasteiger charge is -2.24. The molecular weight excluding hydrogens is 379 g/mol. The lowest BCUT2D eigenvalue weighted by atomic mass is 9.97. The van der Waals surface area contributed by atoms with Gasteiger partial charge < -0.3 is 25.8 Å². The lowest BCUT2D eigenvalue weighted by molar-refractivity contribution is -0.142. The highest BCUT2D eigenvalue weighted by Crippen LogP contribution is 2.34. The van der Waals surface area contributed by atoms with Crippen molar-refractivity contribution >= 4 is 25.8 Å². The van der Waals surface area contributed by atoms with E-state index in [0.29, 0.717) is 25.8 Å². The lowest BCUT2D eigenvalue weighted by Crippen LogP contribution is -2.36. The molecule has 0 aromatic heterocycles. The summed E-state index contributed by atoms with van der Waals surface area (Å²) in [6.45, 7) is 9.87. The van der Waals surface area contributed by atoms with Gasteiger partial charge in [-0.05, 0) is 51.7 Å². The number of carboxylic acid groups (broad SMARTS) is 1. The van der Waals surface area contributed by atoms with Crippen LogP contribution in [0.1, 0.15) is 79.1 Å². The smallest absolute Gasteiger partial charge is 0.306 e. The minimum Gasteiger partial charge on any atom is -0.481 e. The minimum absolute atomic E-state index is 0.0802. The quantitative estimate of drug-likeness (QED) is 0.251. The molecular formula is C20H41N2O5P. The molecule has 8 heteroatoms. The molecule has 0 saturated carbocycles. The number of ketones is 1. The highest BCUT2D eigenvalue weighted by atomic mass is 31.1. The van der Waals surface area contributed by atoms with Crippen molar-refractivity contribution in [3.05, 3.63) is 0 Å². The van der Waals surface area contributed by atoms with Crippen LogP contribution in [0.4, 0.5) is 0 Å². The van der Waals surface area contributed by atoms with Gasteiger partial charge in [0.2, 0.25) is 5.91 Å². The van der Waals surface area contributed by atoms with Crippen molar-refractivity contribution in [3.63, 3.8) is 0 Å². The molecule has 0 rings (SSSR count). The number of aliphatic carboxylic acids is 1. The van der Waals surface area contributed by atoms with E-state index in [0.717, 1.165) is 32.1 Å². The van der Waals surface area contributed by atoms with E-state index in [4.69, 9.17) is 10.8 Å². The van der Waals surface area contributed by atoms with Crippen LogP contribution in [-0.2, 0) is 14.4 Å². The van der Waals surface area contributed by atoms with Gasteiger partial charge in [0.1, 0.15) is 5.78 Å². The van der Waals surface area contributed by atoms with Crippen LogP contribution in [0.15, 0.2) is 0 Å². The van der Waals surface area contributed by atoms with Crippen LogP contribution in [0.2, 0.25) is 0 Å². The number of nitrogens with two attached hydrogens (primary N) is 1. The van der Waals surface area contributed by atoms with Crippen molar-refractivity contribution in [1.82, 2.24) is 5.32 Å². The van der Waals surface area contributed by atoms with Crippen molar-refractivity contribution in [1.29, 1.82) is 0 Å². The summed E-state index contributed by atoms with van der Waals surface area (Å²) in [5.74, 6) is -0.718. The second-order valence-corrected chi connectivity index (χ2v) is 9.20. The zero-order valence-corrected chi connectivity index (χ0v) is 19.1. The van der Waals surface area contributed by atoms with Crippen LogP contribution in [0.5, 0.6) is 0 Å². The summed E-state index contributed by atoms with van der Waals surface area (Å²) >= 11 is 0. The average Bonchev–Trinajstić information content (AvgIpc) is 2.58. The third-order valence-electron chi connectivity index (χ3n) is 4.27. The molecule has 0 fully saturated rings. The van der Waals surface area contributed by atoms with Gasteiger partial charge in [0.05, 0.1) is 11.7 Å². The summed E-state index contributed by atoms with van der Waals surface area (Å²) in [6, 6.07) is 0.